The lowest BCUT2D eigenvalue weighted by Gasteiger charge is -2.40. The fourth-order valence-corrected chi connectivity index (χ4v) is 2.52. The van der Waals surface area contributed by atoms with E-state index in [9.17, 15) is 0 Å². The lowest BCUT2D eigenvalue weighted by Crippen LogP contribution is -2.41. The first-order chi connectivity index (χ1) is 7.60. The Morgan fingerprint density at radius 1 is 1.38 bits per heavy atom. The molecule has 16 heavy (non-hydrogen) atoms. The Balaban J connectivity index is 2.40. The molecule has 0 radical (unpaired) electrons. The van der Waals surface area contributed by atoms with Gasteiger partial charge in [0.2, 0.25) is 0 Å². The summed E-state index contributed by atoms with van der Waals surface area (Å²) in [4.78, 5) is 0. The van der Waals surface area contributed by atoms with Gasteiger partial charge < -0.3 is 10.5 Å². The van der Waals surface area contributed by atoms with Crippen LogP contribution >= 0.6 is 0 Å². The van der Waals surface area contributed by atoms with Crippen LogP contribution in [0.3, 0.4) is 0 Å². The molecule has 2 nitrogen and oxygen atoms in total. The van der Waals surface area contributed by atoms with Gasteiger partial charge in [-0.3, -0.25) is 0 Å². The Hall–Kier alpha value is -1.02. The number of benzene rings is 1. The summed E-state index contributed by atoms with van der Waals surface area (Å²) in [5.41, 5.74) is 8.62. The van der Waals surface area contributed by atoms with Crippen LogP contribution in [0, 0.1) is 6.92 Å². The average molecular weight is 219 g/mol. The van der Waals surface area contributed by atoms with Gasteiger partial charge in [0.15, 0.2) is 0 Å². The maximum Gasteiger partial charge on any atom is 0.124 e. The summed E-state index contributed by atoms with van der Waals surface area (Å²) in [6, 6.07) is 6.41. The molecule has 2 N–H and O–H groups in total. The van der Waals surface area contributed by atoms with Crippen LogP contribution in [0.15, 0.2) is 18.2 Å². The van der Waals surface area contributed by atoms with E-state index in [4.69, 9.17) is 10.5 Å². The Morgan fingerprint density at radius 2 is 2.06 bits per heavy atom. The highest BCUT2D eigenvalue weighted by Gasteiger charge is 2.36. The Morgan fingerprint density at radius 3 is 2.69 bits per heavy atom. The van der Waals surface area contributed by atoms with Crippen molar-refractivity contribution in [2.24, 2.45) is 5.73 Å². The fourth-order valence-electron chi connectivity index (χ4n) is 2.52. The van der Waals surface area contributed by atoms with Crippen molar-refractivity contribution in [2.45, 2.75) is 51.7 Å². The third-order valence-electron chi connectivity index (χ3n) is 3.77. The minimum absolute atomic E-state index is 0.0539. The normalized spacial score (nSPS) is 22.4. The molecule has 1 aromatic carbocycles. The lowest BCUT2D eigenvalue weighted by molar-refractivity contribution is 0.0282. The largest absolute Gasteiger partial charge is 0.487 e. The average Bonchev–Trinajstić information content (AvgIpc) is 2.30. The molecule has 0 amide bonds. The van der Waals surface area contributed by atoms with E-state index in [2.05, 4.69) is 39.0 Å². The predicted molar refractivity (Wildman–Crippen MR) is 66.7 cm³/mol. The molecule has 2 heteroatoms. The smallest absolute Gasteiger partial charge is 0.124 e. The third kappa shape index (κ3) is 1.82. The van der Waals surface area contributed by atoms with Gasteiger partial charge in [0.05, 0.1) is 0 Å². The van der Waals surface area contributed by atoms with Gasteiger partial charge in [-0.2, -0.15) is 0 Å². The number of fused-ring (bicyclic) bond motifs is 1. The van der Waals surface area contributed by atoms with Crippen molar-refractivity contribution in [1.29, 1.82) is 0 Å². The summed E-state index contributed by atoms with van der Waals surface area (Å²) < 4.78 is 6.16. The Labute approximate surface area is 97.8 Å². The highest BCUT2D eigenvalue weighted by molar-refractivity contribution is 5.41. The predicted octanol–water partition coefficient (Wildman–Crippen LogP) is 3.34. The molecule has 0 saturated heterocycles. The van der Waals surface area contributed by atoms with E-state index in [1.807, 2.05) is 0 Å². The number of hydrogen-bond donors (Lipinski definition) is 1. The highest BCUT2D eigenvalue weighted by Crippen LogP contribution is 2.41. The zero-order chi connectivity index (χ0) is 11.8. The Kier molecular flexibility index (Phi) is 2.94. The third-order valence-corrected chi connectivity index (χ3v) is 3.77. The first-order valence-corrected chi connectivity index (χ1v) is 6.15. The SMILES string of the molecule is CCC1(CC)CC(N)c2cc(C)ccc2O1. The van der Waals surface area contributed by atoms with Gasteiger partial charge in [-0.15, -0.1) is 0 Å². The maximum atomic E-state index is 6.26. The van der Waals surface area contributed by atoms with Crippen LogP contribution in [0.25, 0.3) is 0 Å². The quantitative estimate of drug-likeness (QED) is 0.828. The molecule has 0 fully saturated rings. The van der Waals surface area contributed by atoms with Crippen LogP contribution in [0.4, 0.5) is 0 Å². The molecule has 0 saturated carbocycles. The van der Waals surface area contributed by atoms with E-state index in [1.165, 1.54) is 5.56 Å². The first-order valence-electron chi connectivity index (χ1n) is 6.15. The summed E-state index contributed by atoms with van der Waals surface area (Å²) in [6.45, 7) is 6.44. The molecule has 1 aliphatic rings. The van der Waals surface area contributed by atoms with Gasteiger partial charge in [0.25, 0.3) is 0 Å². The molecule has 0 aliphatic carbocycles. The van der Waals surface area contributed by atoms with Crippen molar-refractivity contribution in [3.63, 3.8) is 0 Å². The van der Waals surface area contributed by atoms with Crippen LogP contribution in [0.5, 0.6) is 5.75 Å². The van der Waals surface area contributed by atoms with Crippen LogP contribution < -0.4 is 10.5 Å². The second-order valence-electron chi connectivity index (χ2n) is 4.84. The second kappa shape index (κ2) is 4.10. The van der Waals surface area contributed by atoms with Crippen LogP contribution in [0.1, 0.15) is 50.3 Å². The molecule has 1 aromatic rings. The zero-order valence-corrected chi connectivity index (χ0v) is 10.4. The summed E-state index contributed by atoms with van der Waals surface area (Å²) in [6.07, 6.45) is 2.96. The van der Waals surface area contributed by atoms with Gasteiger partial charge in [-0.25, -0.2) is 0 Å². The van der Waals surface area contributed by atoms with Gasteiger partial charge >= 0.3 is 0 Å². The van der Waals surface area contributed by atoms with E-state index in [0.29, 0.717) is 0 Å². The molecular weight excluding hydrogens is 198 g/mol. The number of ether oxygens (including phenoxy) is 1. The van der Waals surface area contributed by atoms with Gasteiger partial charge in [0, 0.05) is 18.0 Å². The van der Waals surface area contributed by atoms with E-state index in [0.717, 1.165) is 30.6 Å². The van der Waals surface area contributed by atoms with Gasteiger partial charge in [0.1, 0.15) is 11.4 Å². The van der Waals surface area contributed by atoms with Crippen LogP contribution in [-0.4, -0.2) is 5.60 Å². The minimum atomic E-state index is -0.0539. The number of nitrogens with two attached hydrogens (primary N) is 1. The highest BCUT2D eigenvalue weighted by atomic mass is 16.5. The van der Waals surface area contributed by atoms with Crippen molar-refractivity contribution < 1.29 is 4.74 Å². The maximum absolute atomic E-state index is 6.26. The Bertz CT molecular complexity index is 382. The zero-order valence-electron chi connectivity index (χ0n) is 10.4. The molecule has 0 bridgehead atoms. The molecule has 0 spiro atoms. The van der Waals surface area contributed by atoms with Crippen molar-refractivity contribution in [2.75, 3.05) is 0 Å². The van der Waals surface area contributed by atoms with Crippen molar-refractivity contribution in [3.05, 3.63) is 29.3 Å². The fraction of sp³-hybridized carbons (Fsp3) is 0.571. The first kappa shape index (κ1) is 11.5. The van der Waals surface area contributed by atoms with E-state index in [-0.39, 0.29) is 11.6 Å². The number of aryl methyl sites for hydroxylation is 1. The monoisotopic (exact) mass is 219 g/mol. The molecular formula is C14H21NO. The summed E-state index contributed by atoms with van der Waals surface area (Å²) >= 11 is 0. The molecule has 1 unspecified atom stereocenters. The number of hydrogen-bond acceptors (Lipinski definition) is 2. The number of rotatable bonds is 2. The minimum Gasteiger partial charge on any atom is -0.487 e. The summed E-state index contributed by atoms with van der Waals surface area (Å²) in [7, 11) is 0. The van der Waals surface area contributed by atoms with Crippen molar-refractivity contribution in [1.82, 2.24) is 0 Å². The molecule has 2 rings (SSSR count). The van der Waals surface area contributed by atoms with Crippen molar-refractivity contribution >= 4 is 0 Å². The standard InChI is InChI=1S/C14H21NO/c1-4-14(5-2)9-12(15)11-8-10(3)6-7-13(11)16-14/h6-8,12H,4-5,9,15H2,1-3H3. The lowest BCUT2D eigenvalue weighted by atomic mass is 9.83. The topological polar surface area (TPSA) is 35.2 Å². The molecule has 88 valence electrons. The molecule has 1 heterocycles. The summed E-state index contributed by atoms with van der Waals surface area (Å²) in [5.74, 6) is 0.980. The van der Waals surface area contributed by atoms with E-state index in [1.54, 1.807) is 0 Å². The summed E-state index contributed by atoms with van der Waals surface area (Å²) in [5, 5.41) is 0. The van der Waals surface area contributed by atoms with Crippen LogP contribution in [-0.2, 0) is 0 Å². The van der Waals surface area contributed by atoms with E-state index >= 15 is 0 Å². The molecule has 0 aromatic heterocycles. The van der Waals surface area contributed by atoms with Crippen molar-refractivity contribution in [3.8, 4) is 5.75 Å². The second-order valence-corrected chi connectivity index (χ2v) is 4.84. The van der Waals surface area contributed by atoms with Crippen LogP contribution in [0.2, 0.25) is 0 Å². The van der Waals surface area contributed by atoms with Gasteiger partial charge in [-0.05, 0) is 25.8 Å². The van der Waals surface area contributed by atoms with Gasteiger partial charge in [-0.1, -0.05) is 31.5 Å². The van der Waals surface area contributed by atoms with E-state index < -0.39 is 0 Å². The molecule has 1 atom stereocenters. The molecule has 1 aliphatic heterocycles.